The highest BCUT2D eigenvalue weighted by atomic mass is 16.7. The topological polar surface area (TPSA) is 195 Å². The highest BCUT2D eigenvalue weighted by Crippen LogP contribution is 2.55. The van der Waals surface area contributed by atoms with E-state index in [2.05, 4.69) is 5.43 Å². The first kappa shape index (κ1) is 36.5. The third-order valence-corrected chi connectivity index (χ3v) is 10.5. The van der Waals surface area contributed by atoms with Crippen LogP contribution in [-0.4, -0.2) is 84.9 Å². The molecule has 1 aliphatic carbocycles. The van der Waals surface area contributed by atoms with Crippen LogP contribution in [0.3, 0.4) is 0 Å². The SMILES string of the molecule is CC(=O)OC1CC(O)C(C)C(O)C(C)/C=C/CC(C)C(=O)N2NCC3C(O)c4c5c(c(C)c(O)c4C(O)C32)OC(C)(O/C=C/C=C/1C)C5=O. The molecule has 7 bridgehead atoms. The lowest BCUT2D eigenvalue weighted by molar-refractivity contribution is -0.146. The minimum absolute atomic E-state index is 0.00926. The maximum atomic E-state index is 14.0. The molecule has 13 heteroatoms. The highest BCUT2D eigenvalue weighted by Gasteiger charge is 2.57. The number of ketones is 1. The number of esters is 1. The predicted octanol–water partition coefficient (Wildman–Crippen LogP) is 2.79. The van der Waals surface area contributed by atoms with Crippen LogP contribution in [0.15, 0.2) is 36.1 Å². The molecule has 0 aromatic heterocycles. The van der Waals surface area contributed by atoms with Gasteiger partial charge in [-0.2, -0.15) is 0 Å². The fourth-order valence-corrected chi connectivity index (χ4v) is 7.38. The van der Waals surface area contributed by atoms with Crippen LogP contribution in [0.1, 0.15) is 93.6 Å². The molecule has 268 valence electrons. The van der Waals surface area contributed by atoms with E-state index in [9.17, 15) is 39.9 Å². The molecule has 1 amide bonds. The Bertz CT molecular complexity index is 1590. The van der Waals surface area contributed by atoms with E-state index in [-0.39, 0.29) is 58.5 Å². The summed E-state index contributed by atoms with van der Waals surface area (Å²) < 4.78 is 17.3. The molecule has 1 aromatic rings. The van der Waals surface area contributed by atoms with Crippen LogP contribution < -0.4 is 10.2 Å². The van der Waals surface area contributed by atoms with E-state index in [1.165, 1.54) is 38.1 Å². The molecular weight excluding hydrogens is 636 g/mol. The van der Waals surface area contributed by atoms with Gasteiger partial charge in [0.1, 0.15) is 23.7 Å². The zero-order valence-electron chi connectivity index (χ0n) is 28.9. The minimum Gasteiger partial charge on any atom is -0.507 e. The average molecular weight is 685 g/mol. The number of phenolic OH excluding ortho intramolecular Hbond substituents is 1. The fraction of sp³-hybridized carbons (Fsp3) is 0.583. The number of hydrogen-bond acceptors (Lipinski definition) is 12. The molecule has 1 saturated heterocycles. The molecule has 1 fully saturated rings. The van der Waals surface area contributed by atoms with Crippen molar-refractivity contribution in [2.75, 3.05) is 6.54 Å². The Labute approximate surface area is 285 Å². The second-order valence-corrected chi connectivity index (χ2v) is 14.0. The summed E-state index contributed by atoms with van der Waals surface area (Å²) in [7, 11) is 0. The van der Waals surface area contributed by atoms with Crippen LogP contribution in [0.4, 0.5) is 0 Å². The number of allylic oxidation sites excluding steroid dienone is 3. The number of aromatic hydroxyl groups is 1. The predicted molar refractivity (Wildman–Crippen MR) is 176 cm³/mol. The van der Waals surface area contributed by atoms with Gasteiger partial charge in [0.15, 0.2) is 0 Å². The van der Waals surface area contributed by atoms with Crippen molar-refractivity contribution >= 4 is 17.7 Å². The Morgan fingerprint density at radius 2 is 1.78 bits per heavy atom. The number of rotatable bonds is 1. The van der Waals surface area contributed by atoms with E-state index in [1.807, 2.05) is 0 Å². The zero-order valence-corrected chi connectivity index (χ0v) is 28.9. The second-order valence-electron chi connectivity index (χ2n) is 14.0. The number of hydrazine groups is 1. The number of aliphatic hydroxyl groups is 4. The molecule has 13 nitrogen and oxygen atoms in total. The molecular formula is C36H48N2O11. The Kier molecular flexibility index (Phi) is 10.3. The number of aliphatic hydroxyl groups excluding tert-OH is 4. The Balaban J connectivity index is 1.57. The molecule has 0 radical (unpaired) electrons. The summed E-state index contributed by atoms with van der Waals surface area (Å²) in [5, 5.41) is 58.2. The van der Waals surface area contributed by atoms with Crippen molar-refractivity contribution in [3.63, 3.8) is 0 Å². The number of benzene rings is 1. The molecule has 5 aliphatic rings. The highest BCUT2D eigenvalue weighted by molar-refractivity contribution is 6.09. The van der Waals surface area contributed by atoms with Crippen molar-refractivity contribution < 1.29 is 54.1 Å². The van der Waals surface area contributed by atoms with E-state index in [1.54, 1.807) is 45.9 Å². The molecule has 11 atom stereocenters. The van der Waals surface area contributed by atoms with Crippen LogP contribution in [0.25, 0.3) is 0 Å². The quantitative estimate of drug-likeness (QED) is 0.187. The van der Waals surface area contributed by atoms with Gasteiger partial charge in [-0.3, -0.25) is 19.4 Å². The van der Waals surface area contributed by atoms with Crippen LogP contribution in [0.2, 0.25) is 0 Å². The van der Waals surface area contributed by atoms with Gasteiger partial charge in [-0.05, 0) is 31.9 Å². The molecule has 4 aliphatic heterocycles. The third kappa shape index (κ3) is 6.50. The van der Waals surface area contributed by atoms with Gasteiger partial charge in [-0.25, -0.2) is 5.43 Å². The molecule has 0 spiro atoms. The Morgan fingerprint density at radius 1 is 1.08 bits per heavy atom. The average Bonchev–Trinajstić information content (AvgIpc) is 3.61. The van der Waals surface area contributed by atoms with Gasteiger partial charge in [-0.1, -0.05) is 39.0 Å². The number of carbonyl (C=O) groups excluding carboxylic acids is 3. The maximum Gasteiger partial charge on any atom is 0.312 e. The van der Waals surface area contributed by atoms with Gasteiger partial charge in [0, 0.05) is 67.2 Å². The number of amides is 1. The molecule has 4 heterocycles. The first-order valence-electron chi connectivity index (χ1n) is 16.8. The zero-order chi connectivity index (χ0) is 36.1. The van der Waals surface area contributed by atoms with Gasteiger partial charge < -0.3 is 39.7 Å². The maximum absolute atomic E-state index is 14.0. The van der Waals surface area contributed by atoms with Gasteiger partial charge in [0.25, 0.3) is 5.78 Å². The van der Waals surface area contributed by atoms with Crippen LogP contribution >= 0.6 is 0 Å². The summed E-state index contributed by atoms with van der Waals surface area (Å²) in [6, 6.07) is -0.938. The third-order valence-electron chi connectivity index (χ3n) is 10.5. The summed E-state index contributed by atoms with van der Waals surface area (Å²) >= 11 is 0. The number of fused-ring (bicyclic) bond motifs is 12. The lowest BCUT2D eigenvalue weighted by atomic mass is 9.73. The Morgan fingerprint density at radius 3 is 2.45 bits per heavy atom. The van der Waals surface area contributed by atoms with Crippen molar-refractivity contribution in [1.82, 2.24) is 10.4 Å². The number of nitrogens with one attached hydrogen (secondary N) is 1. The fourth-order valence-electron chi connectivity index (χ4n) is 7.38. The van der Waals surface area contributed by atoms with Crippen molar-refractivity contribution in [2.24, 2.45) is 23.7 Å². The summed E-state index contributed by atoms with van der Waals surface area (Å²) in [5.41, 5.74) is 3.73. The van der Waals surface area contributed by atoms with Gasteiger partial charge >= 0.3 is 11.8 Å². The van der Waals surface area contributed by atoms with Crippen LogP contribution in [-0.2, 0) is 19.1 Å². The van der Waals surface area contributed by atoms with Crippen LogP contribution in [0.5, 0.6) is 11.5 Å². The van der Waals surface area contributed by atoms with Gasteiger partial charge in [0.2, 0.25) is 5.91 Å². The first-order chi connectivity index (χ1) is 23.0. The molecule has 0 saturated carbocycles. The van der Waals surface area contributed by atoms with Crippen molar-refractivity contribution in [2.45, 2.75) is 104 Å². The van der Waals surface area contributed by atoms with Gasteiger partial charge in [0.05, 0.1) is 36.2 Å². The van der Waals surface area contributed by atoms with Gasteiger partial charge in [-0.15, -0.1) is 0 Å². The van der Waals surface area contributed by atoms with E-state index >= 15 is 0 Å². The number of hydrogen-bond donors (Lipinski definition) is 6. The molecule has 6 N–H and O–H groups in total. The summed E-state index contributed by atoms with van der Waals surface area (Å²) in [6.07, 6.45) is 2.57. The molecule has 1 aromatic carbocycles. The van der Waals surface area contributed by atoms with E-state index in [0.717, 1.165) is 0 Å². The van der Waals surface area contributed by atoms with Crippen LogP contribution in [0, 0.1) is 30.6 Å². The number of phenols is 1. The molecule has 11 unspecified atom stereocenters. The Hall–Kier alpha value is -3.75. The van der Waals surface area contributed by atoms with E-state index in [4.69, 9.17) is 14.2 Å². The number of Topliss-reactive ketones (excluding diaryl/α,β-unsaturated/α-hetero) is 1. The summed E-state index contributed by atoms with van der Waals surface area (Å²) in [6.45, 7) is 11.2. The summed E-state index contributed by atoms with van der Waals surface area (Å²) in [5.74, 6) is -6.03. The van der Waals surface area contributed by atoms with Crippen molar-refractivity contribution in [1.29, 1.82) is 0 Å². The van der Waals surface area contributed by atoms with Crippen molar-refractivity contribution in [3.05, 3.63) is 58.4 Å². The second kappa shape index (κ2) is 13.9. The monoisotopic (exact) mass is 684 g/mol. The number of ether oxygens (including phenoxy) is 3. The van der Waals surface area contributed by atoms with E-state index < -0.39 is 71.9 Å². The lowest BCUT2D eigenvalue weighted by Gasteiger charge is -2.40. The van der Waals surface area contributed by atoms with Crippen molar-refractivity contribution in [3.8, 4) is 11.5 Å². The van der Waals surface area contributed by atoms with E-state index in [0.29, 0.717) is 12.0 Å². The molecule has 6 rings (SSSR count). The first-order valence-corrected chi connectivity index (χ1v) is 16.8. The number of carbonyl (C=O) groups is 3. The summed E-state index contributed by atoms with van der Waals surface area (Å²) in [4.78, 5) is 39.6. The minimum atomic E-state index is -1.89. The lowest BCUT2D eigenvalue weighted by Crippen LogP contribution is -2.50. The largest absolute Gasteiger partial charge is 0.507 e. The standard InChI is InChI=1S/C36H48N2O11/c1-16-12-9-13-47-36(7)34(45)27-25-26(30(42)20(5)33(27)49-36)32(44)28-22(31(25)43)15-37-38(28)35(46)18(3)11-8-10-17(2)29(41)19(4)23(40)14-24(16)48-21(6)39/h8-10,12-13,17-19,22-24,28-29,31-32,37,40-44H,11,14-15H2,1-7H3/b10-8+,13-9+,16-12+. The molecule has 49 heavy (non-hydrogen) atoms. The smallest absolute Gasteiger partial charge is 0.312 e. The number of nitrogens with zero attached hydrogens (tertiary/aromatic N) is 1. The normalized spacial score (nSPS) is 39.1.